The second kappa shape index (κ2) is 3.82. The van der Waals surface area contributed by atoms with Gasteiger partial charge in [-0.2, -0.15) is 0 Å². The fraction of sp³-hybridized carbons (Fsp3) is 0.444. The summed E-state index contributed by atoms with van der Waals surface area (Å²) in [6, 6.07) is 0. The van der Waals surface area contributed by atoms with Crippen LogP contribution in [0.4, 0.5) is 0 Å². The van der Waals surface area contributed by atoms with E-state index in [9.17, 15) is 0 Å². The molecule has 15 heavy (non-hydrogen) atoms. The second-order valence-corrected chi connectivity index (χ2v) is 3.40. The molecular formula is C9H14N6. The van der Waals surface area contributed by atoms with Gasteiger partial charge in [-0.25, -0.2) is 4.98 Å². The molecule has 6 heteroatoms. The predicted molar refractivity (Wildman–Crippen MR) is 55.0 cm³/mol. The molecule has 0 atom stereocenters. The maximum Gasteiger partial charge on any atom is 0.152 e. The summed E-state index contributed by atoms with van der Waals surface area (Å²) in [7, 11) is 1.95. The molecule has 0 aliphatic carbocycles. The third-order valence-electron chi connectivity index (χ3n) is 2.48. The van der Waals surface area contributed by atoms with E-state index in [1.807, 2.05) is 29.3 Å². The number of aromatic nitrogens is 5. The molecule has 0 fully saturated rings. The van der Waals surface area contributed by atoms with Crippen LogP contribution < -0.4 is 5.73 Å². The van der Waals surface area contributed by atoms with Gasteiger partial charge in [0.1, 0.15) is 11.6 Å². The van der Waals surface area contributed by atoms with Crippen molar-refractivity contribution < 1.29 is 0 Å². The molecule has 80 valence electrons. The number of rotatable bonds is 3. The largest absolute Gasteiger partial charge is 0.326 e. The van der Waals surface area contributed by atoms with Gasteiger partial charge in [-0.15, -0.1) is 10.2 Å². The topological polar surface area (TPSA) is 74.6 Å². The van der Waals surface area contributed by atoms with Gasteiger partial charge in [-0.05, 0) is 6.92 Å². The molecule has 0 bridgehead atoms. The van der Waals surface area contributed by atoms with Gasteiger partial charge in [0.15, 0.2) is 5.82 Å². The lowest BCUT2D eigenvalue weighted by Gasteiger charge is -2.05. The Balaban J connectivity index is 2.25. The number of imidazole rings is 1. The van der Waals surface area contributed by atoms with Crippen LogP contribution in [0, 0.1) is 6.92 Å². The van der Waals surface area contributed by atoms with Crippen LogP contribution >= 0.6 is 0 Å². The molecule has 2 heterocycles. The molecule has 2 rings (SSSR count). The Hall–Kier alpha value is -1.69. The highest BCUT2D eigenvalue weighted by Crippen LogP contribution is 2.03. The van der Waals surface area contributed by atoms with E-state index in [4.69, 9.17) is 5.73 Å². The minimum absolute atomic E-state index is 0.434. The summed E-state index contributed by atoms with van der Waals surface area (Å²) in [4.78, 5) is 4.15. The lowest BCUT2D eigenvalue weighted by molar-refractivity contribution is 0.657. The zero-order valence-corrected chi connectivity index (χ0v) is 8.88. The standard InChI is InChI=1S/C9H14N6/c1-7-12-13-9(14(7)2)6-15-4-3-11-8(15)5-10/h3-4H,5-6,10H2,1-2H3. The summed E-state index contributed by atoms with van der Waals surface area (Å²) in [5.74, 6) is 2.66. The van der Waals surface area contributed by atoms with Crippen molar-refractivity contribution in [2.24, 2.45) is 12.8 Å². The third kappa shape index (κ3) is 1.75. The first kappa shape index (κ1) is 9.85. The fourth-order valence-corrected chi connectivity index (χ4v) is 1.42. The van der Waals surface area contributed by atoms with Gasteiger partial charge >= 0.3 is 0 Å². The minimum atomic E-state index is 0.434. The molecule has 0 spiro atoms. The van der Waals surface area contributed by atoms with Crippen LogP contribution in [0.15, 0.2) is 12.4 Å². The first-order chi connectivity index (χ1) is 7.22. The van der Waals surface area contributed by atoms with E-state index in [2.05, 4.69) is 15.2 Å². The zero-order valence-electron chi connectivity index (χ0n) is 8.88. The summed E-state index contributed by atoms with van der Waals surface area (Å²) >= 11 is 0. The normalized spacial score (nSPS) is 10.9. The minimum Gasteiger partial charge on any atom is -0.326 e. The highest BCUT2D eigenvalue weighted by Gasteiger charge is 2.07. The van der Waals surface area contributed by atoms with Crippen molar-refractivity contribution in [2.45, 2.75) is 20.0 Å². The summed E-state index contributed by atoms with van der Waals surface area (Å²) < 4.78 is 3.93. The summed E-state index contributed by atoms with van der Waals surface area (Å²) in [5, 5.41) is 8.09. The lowest BCUT2D eigenvalue weighted by atomic mass is 10.5. The van der Waals surface area contributed by atoms with Gasteiger partial charge in [0.05, 0.1) is 13.1 Å². The van der Waals surface area contributed by atoms with Gasteiger partial charge in [-0.1, -0.05) is 0 Å². The molecule has 0 amide bonds. The van der Waals surface area contributed by atoms with Crippen molar-refractivity contribution >= 4 is 0 Å². The van der Waals surface area contributed by atoms with Crippen LogP contribution in [0.25, 0.3) is 0 Å². The summed E-state index contributed by atoms with van der Waals surface area (Å²) in [6.45, 7) is 3.02. The van der Waals surface area contributed by atoms with Gasteiger partial charge in [0.2, 0.25) is 0 Å². The Bertz CT molecular complexity index is 455. The van der Waals surface area contributed by atoms with Crippen molar-refractivity contribution in [2.75, 3.05) is 0 Å². The van der Waals surface area contributed by atoms with E-state index in [0.717, 1.165) is 17.5 Å². The van der Waals surface area contributed by atoms with E-state index in [1.54, 1.807) is 6.20 Å². The van der Waals surface area contributed by atoms with Crippen molar-refractivity contribution in [3.05, 3.63) is 29.9 Å². The molecule has 0 saturated carbocycles. The SMILES string of the molecule is Cc1nnc(Cn2ccnc2CN)n1C. The predicted octanol–water partition coefficient (Wildman–Crippen LogP) is -0.173. The van der Waals surface area contributed by atoms with E-state index < -0.39 is 0 Å². The molecule has 0 radical (unpaired) electrons. The summed E-state index contributed by atoms with van der Waals surface area (Å²) in [6.07, 6.45) is 3.64. The Morgan fingerprint density at radius 2 is 2.13 bits per heavy atom. The Morgan fingerprint density at radius 3 is 2.73 bits per heavy atom. The number of nitrogens with zero attached hydrogens (tertiary/aromatic N) is 5. The zero-order chi connectivity index (χ0) is 10.8. The fourth-order valence-electron chi connectivity index (χ4n) is 1.42. The Kier molecular flexibility index (Phi) is 2.51. The van der Waals surface area contributed by atoms with E-state index >= 15 is 0 Å². The summed E-state index contributed by atoms with van der Waals surface area (Å²) in [5.41, 5.74) is 5.57. The van der Waals surface area contributed by atoms with Crippen LogP contribution in [0.1, 0.15) is 17.5 Å². The van der Waals surface area contributed by atoms with Gasteiger partial charge in [-0.3, -0.25) is 0 Å². The number of hydrogen-bond donors (Lipinski definition) is 1. The van der Waals surface area contributed by atoms with Crippen molar-refractivity contribution in [3.63, 3.8) is 0 Å². The third-order valence-corrected chi connectivity index (χ3v) is 2.48. The maximum atomic E-state index is 5.57. The van der Waals surface area contributed by atoms with Crippen LogP contribution in [0.3, 0.4) is 0 Å². The monoisotopic (exact) mass is 206 g/mol. The van der Waals surface area contributed by atoms with E-state index in [-0.39, 0.29) is 0 Å². The number of aryl methyl sites for hydroxylation is 1. The first-order valence-electron chi connectivity index (χ1n) is 4.77. The Morgan fingerprint density at radius 1 is 1.33 bits per heavy atom. The number of hydrogen-bond acceptors (Lipinski definition) is 4. The molecule has 0 aliphatic rings. The smallest absolute Gasteiger partial charge is 0.152 e. The molecule has 0 aromatic carbocycles. The lowest BCUT2D eigenvalue weighted by Crippen LogP contribution is -2.11. The molecule has 0 saturated heterocycles. The molecule has 0 aliphatic heterocycles. The van der Waals surface area contributed by atoms with E-state index in [1.165, 1.54) is 0 Å². The maximum absolute atomic E-state index is 5.57. The van der Waals surface area contributed by atoms with Crippen LogP contribution in [-0.4, -0.2) is 24.3 Å². The quantitative estimate of drug-likeness (QED) is 0.756. The highest BCUT2D eigenvalue weighted by molar-refractivity contribution is 4.98. The number of nitrogens with two attached hydrogens (primary N) is 1. The van der Waals surface area contributed by atoms with Crippen molar-refractivity contribution in [1.29, 1.82) is 0 Å². The van der Waals surface area contributed by atoms with Crippen LogP contribution in [-0.2, 0) is 20.1 Å². The second-order valence-electron chi connectivity index (χ2n) is 3.40. The Labute approximate surface area is 87.8 Å². The van der Waals surface area contributed by atoms with E-state index in [0.29, 0.717) is 13.1 Å². The molecular weight excluding hydrogens is 192 g/mol. The van der Waals surface area contributed by atoms with Crippen LogP contribution in [0.5, 0.6) is 0 Å². The average molecular weight is 206 g/mol. The highest BCUT2D eigenvalue weighted by atomic mass is 15.3. The average Bonchev–Trinajstić information content (AvgIpc) is 2.80. The molecule has 6 nitrogen and oxygen atoms in total. The first-order valence-corrected chi connectivity index (χ1v) is 4.77. The van der Waals surface area contributed by atoms with Gasteiger partial charge in [0, 0.05) is 19.4 Å². The van der Waals surface area contributed by atoms with Gasteiger partial charge < -0.3 is 14.9 Å². The molecule has 2 aromatic rings. The molecule has 0 unspecified atom stereocenters. The molecule has 2 N–H and O–H groups in total. The van der Waals surface area contributed by atoms with Gasteiger partial charge in [0.25, 0.3) is 0 Å². The molecule has 2 aromatic heterocycles. The van der Waals surface area contributed by atoms with Crippen LogP contribution in [0.2, 0.25) is 0 Å². The van der Waals surface area contributed by atoms with Crippen molar-refractivity contribution in [1.82, 2.24) is 24.3 Å². The van der Waals surface area contributed by atoms with Crippen molar-refractivity contribution in [3.8, 4) is 0 Å².